The summed E-state index contributed by atoms with van der Waals surface area (Å²) in [6.45, 7) is 6.16. The summed E-state index contributed by atoms with van der Waals surface area (Å²) in [5.41, 5.74) is 7.46. The Morgan fingerprint density at radius 1 is 1.20 bits per heavy atom. The number of Topliss-reactive ketones (excluding diaryl/α,β-unsaturated/α-hetero) is 1. The fraction of sp³-hybridized carbons (Fsp3) is 0.280. The number of carbonyl (C=O) groups excluding carboxylic acids is 1. The summed E-state index contributed by atoms with van der Waals surface area (Å²) in [4.78, 5) is 18.3. The smallest absolute Gasteiger partial charge is 0.146 e. The summed E-state index contributed by atoms with van der Waals surface area (Å²) in [6, 6.07) is 15.6. The molecule has 154 valence electrons. The lowest BCUT2D eigenvalue weighted by molar-refractivity contribution is -0.120. The molecule has 2 aromatic carbocycles. The van der Waals surface area contributed by atoms with Gasteiger partial charge in [-0.3, -0.25) is 14.7 Å². The molecule has 30 heavy (non-hydrogen) atoms. The van der Waals surface area contributed by atoms with E-state index in [1.807, 2.05) is 13.8 Å². The zero-order valence-electron chi connectivity index (χ0n) is 17.4. The number of anilines is 2. The first-order chi connectivity index (χ1) is 14.5. The van der Waals surface area contributed by atoms with Crippen molar-refractivity contribution >= 4 is 17.2 Å². The molecule has 1 aliphatic heterocycles. The van der Waals surface area contributed by atoms with E-state index in [4.69, 9.17) is 0 Å². The molecule has 4 nitrogen and oxygen atoms in total. The normalized spacial score (nSPS) is 13.7. The number of hydrogen-bond donors (Lipinski definition) is 1. The van der Waals surface area contributed by atoms with Crippen LogP contribution in [-0.4, -0.2) is 28.8 Å². The molecule has 2 heterocycles. The summed E-state index contributed by atoms with van der Waals surface area (Å²) >= 11 is 0. The third kappa shape index (κ3) is 4.41. The SMILES string of the molecule is CCC(=O)CN1CCc2c(cccc2Nc2ccc(C)c(-c3ccc(F)cn3)c2)C1. The second-order valence-corrected chi connectivity index (χ2v) is 7.81. The molecule has 0 amide bonds. The Morgan fingerprint density at radius 3 is 2.83 bits per heavy atom. The van der Waals surface area contributed by atoms with Crippen LogP contribution in [0.1, 0.15) is 30.0 Å². The molecule has 4 rings (SSSR count). The highest BCUT2D eigenvalue weighted by Crippen LogP contribution is 2.31. The molecule has 3 aromatic rings. The number of nitrogens with zero attached hydrogens (tertiary/aromatic N) is 2. The minimum absolute atomic E-state index is 0.286. The van der Waals surface area contributed by atoms with Crippen molar-refractivity contribution < 1.29 is 9.18 Å². The van der Waals surface area contributed by atoms with Crippen molar-refractivity contribution in [2.75, 3.05) is 18.4 Å². The summed E-state index contributed by atoms with van der Waals surface area (Å²) < 4.78 is 13.3. The molecule has 0 aliphatic carbocycles. The zero-order valence-corrected chi connectivity index (χ0v) is 17.4. The third-order valence-corrected chi connectivity index (χ3v) is 5.66. The van der Waals surface area contributed by atoms with Crippen molar-refractivity contribution in [3.63, 3.8) is 0 Å². The van der Waals surface area contributed by atoms with Gasteiger partial charge in [0.05, 0.1) is 18.4 Å². The van der Waals surface area contributed by atoms with Crippen molar-refractivity contribution in [3.8, 4) is 11.3 Å². The van der Waals surface area contributed by atoms with Crippen LogP contribution < -0.4 is 5.32 Å². The molecular formula is C25H26FN3O. The standard InChI is InChI=1S/C25H26FN3O/c1-3-21(30)16-29-12-11-22-18(15-29)5-4-6-25(22)28-20-9-7-17(2)23(13-20)24-10-8-19(26)14-27-24/h4-10,13-14,28H,3,11-12,15-16H2,1-2H3. The van der Waals surface area contributed by atoms with Crippen LogP contribution in [0.25, 0.3) is 11.3 Å². The number of fused-ring (bicyclic) bond motifs is 1. The third-order valence-electron chi connectivity index (χ3n) is 5.66. The van der Waals surface area contributed by atoms with Crippen LogP contribution in [0.2, 0.25) is 0 Å². The average molecular weight is 404 g/mol. The maximum atomic E-state index is 13.3. The second kappa shape index (κ2) is 8.76. The molecule has 0 unspecified atom stereocenters. The molecule has 0 saturated heterocycles. The van der Waals surface area contributed by atoms with Gasteiger partial charge >= 0.3 is 0 Å². The average Bonchev–Trinajstić information content (AvgIpc) is 2.75. The number of nitrogens with one attached hydrogen (secondary N) is 1. The predicted octanol–water partition coefficient (Wildman–Crippen LogP) is 5.28. The number of aromatic nitrogens is 1. The number of carbonyl (C=O) groups is 1. The predicted molar refractivity (Wildman–Crippen MR) is 118 cm³/mol. The fourth-order valence-corrected chi connectivity index (χ4v) is 3.95. The molecular weight excluding hydrogens is 377 g/mol. The van der Waals surface area contributed by atoms with Gasteiger partial charge in [0.15, 0.2) is 0 Å². The van der Waals surface area contributed by atoms with Gasteiger partial charge in [0.25, 0.3) is 0 Å². The largest absolute Gasteiger partial charge is 0.355 e. The fourth-order valence-electron chi connectivity index (χ4n) is 3.95. The van der Waals surface area contributed by atoms with E-state index in [0.29, 0.717) is 13.0 Å². The Balaban J connectivity index is 1.57. The summed E-state index contributed by atoms with van der Waals surface area (Å²) in [5, 5.41) is 3.56. The first-order valence-corrected chi connectivity index (χ1v) is 10.4. The van der Waals surface area contributed by atoms with Gasteiger partial charge in [-0.15, -0.1) is 0 Å². The molecule has 1 aromatic heterocycles. The van der Waals surface area contributed by atoms with E-state index in [1.54, 1.807) is 6.07 Å². The Labute approximate surface area is 176 Å². The van der Waals surface area contributed by atoms with Crippen molar-refractivity contribution in [1.29, 1.82) is 0 Å². The molecule has 1 N–H and O–H groups in total. The zero-order chi connectivity index (χ0) is 21.1. The number of aryl methyl sites for hydroxylation is 1. The molecule has 5 heteroatoms. The van der Waals surface area contributed by atoms with E-state index in [9.17, 15) is 9.18 Å². The highest BCUT2D eigenvalue weighted by Gasteiger charge is 2.20. The summed E-state index contributed by atoms with van der Waals surface area (Å²) in [5.74, 6) is -0.0504. The molecule has 1 aliphatic rings. The monoisotopic (exact) mass is 403 g/mol. The van der Waals surface area contributed by atoms with Crippen LogP contribution in [-0.2, 0) is 17.8 Å². The van der Waals surface area contributed by atoms with Gasteiger partial charge in [-0.05, 0) is 60.4 Å². The van der Waals surface area contributed by atoms with Gasteiger partial charge in [-0.25, -0.2) is 4.39 Å². The van der Waals surface area contributed by atoms with Crippen LogP contribution in [0.3, 0.4) is 0 Å². The van der Waals surface area contributed by atoms with Crippen molar-refractivity contribution in [1.82, 2.24) is 9.88 Å². The Kier molecular flexibility index (Phi) is 5.91. The van der Waals surface area contributed by atoms with Gasteiger partial charge in [0.2, 0.25) is 0 Å². The van der Waals surface area contributed by atoms with Gasteiger partial charge in [0.1, 0.15) is 11.6 Å². The lowest BCUT2D eigenvalue weighted by Gasteiger charge is -2.29. The lowest BCUT2D eigenvalue weighted by Crippen LogP contribution is -2.34. The van der Waals surface area contributed by atoms with Crippen LogP contribution in [0, 0.1) is 12.7 Å². The minimum Gasteiger partial charge on any atom is -0.355 e. The number of pyridine rings is 1. The minimum atomic E-state index is -0.337. The maximum Gasteiger partial charge on any atom is 0.146 e. The van der Waals surface area contributed by atoms with Crippen LogP contribution in [0.15, 0.2) is 54.7 Å². The summed E-state index contributed by atoms with van der Waals surface area (Å²) in [7, 11) is 0. The van der Waals surface area contributed by atoms with E-state index in [-0.39, 0.29) is 11.6 Å². The Bertz CT molecular complexity index is 1060. The van der Waals surface area contributed by atoms with Crippen LogP contribution in [0.5, 0.6) is 0 Å². The molecule has 0 saturated carbocycles. The Morgan fingerprint density at radius 2 is 2.07 bits per heavy atom. The quantitative estimate of drug-likeness (QED) is 0.608. The van der Waals surface area contributed by atoms with Crippen molar-refractivity contribution in [3.05, 3.63) is 77.2 Å². The van der Waals surface area contributed by atoms with E-state index in [0.717, 1.165) is 47.7 Å². The number of benzene rings is 2. The number of halogens is 1. The molecule has 0 bridgehead atoms. The molecule has 0 fully saturated rings. The summed E-state index contributed by atoms with van der Waals surface area (Å²) in [6.07, 6.45) is 2.74. The second-order valence-electron chi connectivity index (χ2n) is 7.81. The first-order valence-electron chi connectivity index (χ1n) is 10.4. The number of hydrogen-bond acceptors (Lipinski definition) is 4. The van der Waals surface area contributed by atoms with Gasteiger partial charge in [0, 0.05) is 36.4 Å². The highest BCUT2D eigenvalue weighted by atomic mass is 19.1. The molecule has 0 radical (unpaired) electrons. The van der Waals surface area contributed by atoms with Crippen LogP contribution in [0.4, 0.5) is 15.8 Å². The van der Waals surface area contributed by atoms with E-state index in [1.165, 1.54) is 23.4 Å². The van der Waals surface area contributed by atoms with E-state index >= 15 is 0 Å². The number of ketones is 1. The molecule has 0 atom stereocenters. The van der Waals surface area contributed by atoms with Gasteiger partial charge < -0.3 is 5.32 Å². The van der Waals surface area contributed by atoms with Gasteiger partial charge in [-0.2, -0.15) is 0 Å². The first kappa shape index (κ1) is 20.2. The maximum absolute atomic E-state index is 13.3. The van der Waals surface area contributed by atoms with E-state index in [2.05, 4.69) is 51.6 Å². The highest BCUT2D eigenvalue weighted by molar-refractivity contribution is 5.80. The Hall–Kier alpha value is -3.05. The molecule has 0 spiro atoms. The van der Waals surface area contributed by atoms with Crippen LogP contribution >= 0.6 is 0 Å². The van der Waals surface area contributed by atoms with Gasteiger partial charge in [-0.1, -0.05) is 25.1 Å². The number of rotatable bonds is 6. The lowest BCUT2D eigenvalue weighted by atomic mass is 9.97. The van der Waals surface area contributed by atoms with Crippen molar-refractivity contribution in [2.45, 2.75) is 33.2 Å². The van der Waals surface area contributed by atoms with Crippen molar-refractivity contribution in [2.24, 2.45) is 0 Å². The van der Waals surface area contributed by atoms with E-state index < -0.39 is 0 Å². The topological polar surface area (TPSA) is 45.2 Å².